The average Bonchev–Trinajstić information content (AvgIpc) is 3.35. The quantitative estimate of drug-likeness (QED) is 0.509. The van der Waals surface area contributed by atoms with Gasteiger partial charge in [0, 0.05) is 19.5 Å². The van der Waals surface area contributed by atoms with Crippen molar-refractivity contribution in [3.8, 4) is 5.75 Å². The Morgan fingerprint density at radius 3 is 2.25 bits per heavy atom. The standard InChI is InChI=1S/C28H36N2O6/c1-28(2,3)36-27(33)30(19-21-13-15-22(34-4)16-14-21)24(18-20-10-7-6-8-11-20)25(31)29-17-9-12-23(29)26(32)35-5/h6-8,10-11,13-16,23-24H,9,12,17-19H2,1-5H3/t23-,24-/m0/s1. The number of amides is 2. The molecule has 3 rings (SSSR count). The Morgan fingerprint density at radius 1 is 1.00 bits per heavy atom. The third-order valence-electron chi connectivity index (χ3n) is 6.08. The molecule has 1 aliphatic heterocycles. The van der Waals surface area contributed by atoms with E-state index in [2.05, 4.69) is 0 Å². The van der Waals surface area contributed by atoms with E-state index in [1.54, 1.807) is 32.8 Å². The molecule has 1 aliphatic rings. The topological polar surface area (TPSA) is 85.4 Å². The Kier molecular flexibility index (Phi) is 8.96. The van der Waals surface area contributed by atoms with Crippen LogP contribution in [0.1, 0.15) is 44.7 Å². The van der Waals surface area contributed by atoms with E-state index in [4.69, 9.17) is 14.2 Å². The average molecular weight is 497 g/mol. The van der Waals surface area contributed by atoms with Gasteiger partial charge in [-0.1, -0.05) is 42.5 Å². The number of nitrogens with zero attached hydrogens (tertiary/aromatic N) is 2. The molecule has 0 N–H and O–H groups in total. The first-order valence-corrected chi connectivity index (χ1v) is 12.2. The number of ether oxygens (including phenoxy) is 3. The van der Waals surface area contributed by atoms with Crippen molar-refractivity contribution in [1.29, 1.82) is 0 Å². The highest BCUT2D eigenvalue weighted by Crippen LogP contribution is 2.25. The molecule has 2 aromatic carbocycles. The van der Waals surface area contributed by atoms with Crippen molar-refractivity contribution in [3.05, 3.63) is 65.7 Å². The van der Waals surface area contributed by atoms with Gasteiger partial charge >= 0.3 is 12.1 Å². The molecule has 1 fully saturated rings. The lowest BCUT2D eigenvalue weighted by Gasteiger charge is -2.36. The highest BCUT2D eigenvalue weighted by Gasteiger charge is 2.41. The lowest BCUT2D eigenvalue weighted by molar-refractivity contribution is -0.152. The monoisotopic (exact) mass is 496 g/mol. The molecule has 8 heteroatoms. The van der Waals surface area contributed by atoms with Gasteiger partial charge in [0.2, 0.25) is 5.91 Å². The van der Waals surface area contributed by atoms with E-state index in [1.807, 2.05) is 54.6 Å². The number of hydrogen-bond acceptors (Lipinski definition) is 6. The Labute approximate surface area is 213 Å². The fourth-order valence-electron chi connectivity index (χ4n) is 4.32. The molecule has 0 aromatic heterocycles. The molecule has 36 heavy (non-hydrogen) atoms. The molecular weight excluding hydrogens is 460 g/mol. The van der Waals surface area contributed by atoms with Crippen LogP contribution in [0.2, 0.25) is 0 Å². The number of rotatable bonds is 8. The molecule has 1 saturated heterocycles. The van der Waals surface area contributed by atoms with Crippen LogP contribution in [-0.4, -0.2) is 66.2 Å². The van der Waals surface area contributed by atoms with Crippen LogP contribution >= 0.6 is 0 Å². The van der Waals surface area contributed by atoms with E-state index in [-0.39, 0.29) is 18.9 Å². The van der Waals surface area contributed by atoms with Gasteiger partial charge in [0.05, 0.1) is 14.2 Å². The predicted octanol–water partition coefficient (Wildman–Crippen LogP) is 4.21. The highest BCUT2D eigenvalue weighted by atomic mass is 16.6. The number of carbonyl (C=O) groups is 3. The zero-order valence-electron chi connectivity index (χ0n) is 21.7. The van der Waals surface area contributed by atoms with Crippen molar-refractivity contribution < 1.29 is 28.6 Å². The molecule has 0 unspecified atom stereocenters. The van der Waals surface area contributed by atoms with Crippen LogP contribution in [0.15, 0.2) is 54.6 Å². The summed E-state index contributed by atoms with van der Waals surface area (Å²) in [5, 5.41) is 0. The predicted molar refractivity (Wildman–Crippen MR) is 135 cm³/mol. The molecule has 8 nitrogen and oxygen atoms in total. The molecule has 0 spiro atoms. The van der Waals surface area contributed by atoms with E-state index in [1.165, 1.54) is 12.0 Å². The molecule has 2 aromatic rings. The maximum absolute atomic E-state index is 14.0. The molecular formula is C28H36N2O6. The fourth-order valence-corrected chi connectivity index (χ4v) is 4.32. The van der Waals surface area contributed by atoms with Gasteiger partial charge in [0.1, 0.15) is 23.4 Å². The van der Waals surface area contributed by atoms with Gasteiger partial charge in [0.25, 0.3) is 0 Å². The Balaban J connectivity index is 2.01. The normalized spacial score (nSPS) is 16.2. The number of esters is 1. The summed E-state index contributed by atoms with van der Waals surface area (Å²) in [6, 6.07) is 15.3. The maximum Gasteiger partial charge on any atom is 0.411 e. The van der Waals surface area contributed by atoms with Crippen LogP contribution in [0.4, 0.5) is 4.79 Å². The van der Waals surface area contributed by atoms with Gasteiger partial charge in [-0.15, -0.1) is 0 Å². The molecule has 0 saturated carbocycles. The fraction of sp³-hybridized carbons (Fsp3) is 0.464. The summed E-state index contributed by atoms with van der Waals surface area (Å²) in [5.74, 6) is -0.0538. The lowest BCUT2D eigenvalue weighted by atomic mass is 10.0. The molecule has 194 valence electrons. The third kappa shape index (κ3) is 6.99. The molecule has 1 heterocycles. The van der Waals surface area contributed by atoms with Crippen LogP contribution < -0.4 is 4.74 Å². The summed E-state index contributed by atoms with van der Waals surface area (Å²) in [7, 11) is 2.91. The Bertz CT molecular complexity index is 1030. The van der Waals surface area contributed by atoms with Gasteiger partial charge in [-0.05, 0) is 56.9 Å². The summed E-state index contributed by atoms with van der Waals surface area (Å²) in [5.41, 5.74) is 0.962. The molecule has 2 atom stereocenters. The van der Waals surface area contributed by atoms with Crippen LogP contribution in [-0.2, 0) is 32.0 Å². The van der Waals surface area contributed by atoms with Crippen LogP contribution in [0.5, 0.6) is 5.75 Å². The van der Waals surface area contributed by atoms with Crippen molar-refractivity contribution >= 4 is 18.0 Å². The Hall–Kier alpha value is -3.55. The van der Waals surface area contributed by atoms with Gasteiger partial charge in [-0.25, -0.2) is 9.59 Å². The summed E-state index contributed by atoms with van der Waals surface area (Å²) in [6.45, 7) is 5.95. The van der Waals surface area contributed by atoms with Crippen LogP contribution in [0.25, 0.3) is 0 Å². The largest absolute Gasteiger partial charge is 0.497 e. The second-order valence-corrected chi connectivity index (χ2v) is 9.87. The van der Waals surface area contributed by atoms with Crippen molar-refractivity contribution in [2.24, 2.45) is 0 Å². The van der Waals surface area contributed by atoms with Gasteiger partial charge in [0.15, 0.2) is 0 Å². The SMILES string of the molecule is COC(=O)[C@@H]1CCCN1C(=O)[C@H](Cc1ccccc1)N(Cc1ccc(OC)cc1)C(=O)OC(C)(C)C. The summed E-state index contributed by atoms with van der Waals surface area (Å²) in [6.07, 6.45) is 0.899. The second-order valence-electron chi connectivity index (χ2n) is 9.87. The minimum Gasteiger partial charge on any atom is -0.497 e. The molecule has 2 amide bonds. The lowest BCUT2D eigenvalue weighted by Crippen LogP contribution is -2.55. The van der Waals surface area contributed by atoms with Crippen LogP contribution in [0.3, 0.4) is 0 Å². The van der Waals surface area contributed by atoms with Crippen molar-refractivity contribution in [1.82, 2.24) is 9.80 Å². The van der Waals surface area contributed by atoms with E-state index >= 15 is 0 Å². The number of hydrogen-bond donors (Lipinski definition) is 0. The minimum absolute atomic E-state index is 0.152. The first-order chi connectivity index (χ1) is 17.1. The molecule has 0 radical (unpaired) electrons. The van der Waals surface area contributed by atoms with E-state index in [9.17, 15) is 14.4 Å². The highest BCUT2D eigenvalue weighted by molar-refractivity contribution is 5.90. The zero-order valence-corrected chi connectivity index (χ0v) is 21.7. The maximum atomic E-state index is 14.0. The summed E-state index contributed by atoms with van der Waals surface area (Å²) >= 11 is 0. The molecule has 0 bridgehead atoms. The van der Waals surface area contributed by atoms with Gasteiger partial charge in [-0.2, -0.15) is 0 Å². The van der Waals surface area contributed by atoms with Crippen molar-refractivity contribution in [2.75, 3.05) is 20.8 Å². The summed E-state index contributed by atoms with van der Waals surface area (Å²) < 4.78 is 16.0. The minimum atomic E-state index is -0.880. The first-order valence-electron chi connectivity index (χ1n) is 12.2. The van der Waals surface area contributed by atoms with Gasteiger partial charge in [-0.3, -0.25) is 9.69 Å². The van der Waals surface area contributed by atoms with E-state index < -0.39 is 29.7 Å². The third-order valence-corrected chi connectivity index (χ3v) is 6.08. The van der Waals surface area contributed by atoms with E-state index in [0.717, 1.165) is 11.1 Å². The zero-order chi connectivity index (χ0) is 26.3. The van der Waals surface area contributed by atoms with Crippen LogP contribution in [0, 0.1) is 0 Å². The number of benzene rings is 2. The van der Waals surface area contributed by atoms with Crippen molar-refractivity contribution in [2.45, 2.75) is 64.3 Å². The summed E-state index contributed by atoms with van der Waals surface area (Å²) in [4.78, 5) is 43.0. The smallest absolute Gasteiger partial charge is 0.411 e. The number of carbonyl (C=O) groups excluding carboxylic acids is 3. The molecule has 0 aliphatic carbocycles. The van der Waals surface area contributed by atoms with Gasteiger partial charge < -0.3 is 19.1 Å². The Morgan fingerprint density at radius 2 is 1.67 bits per heavy atom. The second kappa shape index (κ2) is 11.9. The van der Waals surface area contributed by atoms with Crippen molar-refractivity contribution in [3.63, 3.8) is 0 Å². The number of methoxy groups -OCH3 is 2. The number of likely N-dealkylation sites (tertiary alicyclic amines) is 1. The van der Waals surface area contributed by atoms with E-state index in [0.29, 0.717) is 25.1 Å². The first kappa shape index (κ1) is 27.0.